The summed E-state index contributed by atoms with van der Waals surface area (Å²) < 4.78 is 3.00. The molecule has 3 aliphatic rings. The normalized spacial score (nSPS) is 21.7. The third-order valence-electron chi connectivity index (χ3n) is 5.79. The SMILES string of the molecule is N#CCN1CCCC(SNC(=O)Nc2c3c(cc4c2CCC4)CCC3)C1. The molecule has 1 unspecified atom stereocenters. The number of piperidine rings is 1. The van der Waals surface area contributed by atoms with Crippen molar-refractivity contribution in [3.63, 3.8) is 0 Å². The monoisotopic (exact) mass is 370 g/mol. The molecule has 5 nitrogen and oxygen atoms in total. The summed E-state index contributed by atoms with van der Waals surface area (Å²) >= 11 is 1.51. The van der Waals surface area contributed by atoms with Crippen molar-refractivity contribution >= 4 is 23.7 Å². The van der Waals surface area contributed by atoms with Crippen LogP contribution in [0.25, 0.3) is 0 Å². The zero-order valence-corrected chi connectivity index (χ0v) is 16.0. The Labute approximate surface area is 159 Å². The molecule has 138 valence electrons. The van der Waals surface area contributed by atoms with Gasteiger partial charge in [-0.15, -0.1) is 0 Å². The maximum Gasteiger partial charge on any atom is 0.329 e. The Morgan fingerprint density at radius 3 is 2.62 bits per heavy atom. The van der Waals surface area contributed by atoms with Crippen molar-refractivity contribution in [1.82, 2.24) is 9.62 Å². The van der Waals surface area contributed by atoms with Crippen LogP contribution in [0.2, 0.25) is 0 Å². The summed E-state index contributed by atoms with van der Waals surface area (Å²) in [5.74, 6) is 0. The van der Waals surface area contributed by atoms with E-state index in [1.165, 1.54) is 47.0 Å². The number of carbonyl (C=O) groups is 1. The molecule has 1 atom stereocenters. The summed E-state index contributed by atoms with van der Waals surface area (Å²) in [5, 5.41) is 12.4. The molecule has 0 spiro atoms. The topological polar surface area (TPSA) is 68.2 Å². The van der Waals surface area contributed by atoms with Gasteiger partial charge in [0.05, 0.1) is 12.6 Å². The molecule has 0 aromatic heterocycles. The lowest BCUT2D eigenvalue weighted by Crippen LogP contribution is -2.39. The minimum Gasteiger partial charge on any atom is -0.307 e. The van der Waals surface area contributed by atoms with Crippen molar-refractivity contribution in [2.45, 2.75) is 56.6 Å². The average Bonchev–Trinajstić information content (AvgIpc) is 3.29. The van der Waals surface area contributed by atoms with Gasteiger partial charge in [0.25, 0.3) is 0 Å². The number of likely N-dealkylation sites (tertiary alicyclic amines) is 1. The molecule has 2 aliphatic carbocycles. The molecule has 0 bridgehead atoms. The molecule has 1 fully saturated rings. The molecule has 1 heterocycles. The van der Waals surface area contributed by atoms with Gasteiger partial charge in [-0.3, -0.25) is 9.62 Å². The largest absolute Gasteiger partial charge is 0.329 e. The van der Waals surface area contributed by atoms with Crippen molar-refractivity contribution < 1.29 is 4.79 Å². The Kier molecular flexibility index (Phi) is 5.37. The quantitative estimate of drug-likeness (QED) is 0.629. The number of urea groups is 1. The van der Waals surface area contributed by atoms with Crippen molar-refractivity contribution in [1.29, 1.82) is 5.26 Å². The van der Waals surface area contributed by atoms with E-state index in [9.17, 15) is 4.79 Å². The number of nitrogens with one attached hydrogen (secondary N) is 2. The van der Waals surface area contributed by atoms with Crippen LogP contribution in [0.5, 0.6) is 0 Å². The van der Waals surface area contributed by atoms with E-state index >= 15 is 0 Å². The molecular formula is C20H26N4OS. The second kappa shape index (κ2) is 7.89. The molecular weight excluding hydrogens is 344 g/mol. The number of anilines is 1. The molecule has 4 rings (SSSR count). The minimum atomic E-state index is -0.109. The fraction of sp³-hybridized carbons (Fsp3) is 0.600. The van der Waals surface area contributed by atoms with Gasteiger partial charge in [0.15, 0.2) is 0 Å². The first-order chi connectivity index (χ1) is 12.7. The van der Waals surface area contributed by atoms with E-state index in [1.807, 2.05) is 0 Å². The van der Waals surface area contributed by atoms with Crippen molar-refractivity contribution in [2.75, 3.05) is 25.0 Å². The summed E-state index contributed by atoms with van der Waals surface area (Å²) in [5.41, 5.74) is 6.70. The van der Waals surface area contributed by atoms with Crippen LogP contribution >= 0.6 is 11.9 Å². The summed E-state index contributed by atoms with van der Waals surface area (Å²) in [4.78, 5) is 14.7. The van der Waals surface area contributed by atoms with Gasteiger partial charge in [0.2, 0.25) is 0 Å². The third kappa shape index (κ3) is 3.70. The van der Waals surface area contributed by atoms with Gasteiger partial charge < -0.3 is 5.32 Å². The Hall–Kier alpha value is -1.71. The zero-order valence-electron chi connectivity index (χ0n) is 15.1. The molecule has 26 heavy (non-hydrogen) atoms. The highest BCUT2D eigenvalue weighted by Crippen LogP contribution is 2.38. The van der Waals surface area contributed by atoms with Crippen LogP contribution in [0, 0.1) is 11.3 Å². The number of carbonyl (C=O) groups excluding carboxylic acids is 1. The minimum absolute atomic E-state index is 0.109. The van der Waals surface area contributed by atoms with Gasteiger partial charge in [-0.05, 0) is 92.1 Å². The van der Waals surface area contributed by atoms with Crippen LogP contribution in [0.15, 0.2) is 6.07 Å². The van der Waals surface area contributed by atoms with Crippen molar-refractivity contribution in [3.8, 4) is 6.07 Å². The maximum absolute atomic E-state index is 12.6. The number of nitrogens with zero attached hydrogens (tertiary/aromatic N) is 2. The van der Waals surface area contributed by atoms with Crippen molar-refractivity contribution in [3.05, 3.63) is 28.3 Å². The predicted molar refractivity (Wildman–Crippen MR) is 105 cm³/mol. The van der Waals surface area contributed by atoms with Crippen LogP contribution in [-0.4, -0.2) is 35.8 Å². The van der Waals surface area contributed by atoms with Crippen LogP contribution in [0.4, 0.5) is 10.5 Å². The van der Waals surface area contributed by atoms with E-state index < -0.39 is 0 Å². The summed E-state index contributed by atoms with van der Waals surface area (Å²) in [6.07, 6.45) is 9.01. The fourth-order valence-electron chi connectivity index (χ4n) is 4.60. The zero-order chi connectivity index (χ0) is 17.9. The highest BCUT2D eigenvalue weighted by atomic mass is 32.2. The Bertz CT molecular complexity index is 710. The van der Waals surface area contributed by atoms with Gasteiger partial charge >= 0.3 is 6.03 Å². The van der Waals surface area contributed by atoms with Gasteiger partial charge in [-0.2, -0.15) is 5.26 Å². The van der Waals surface area contributed by atoms with Gasteiger partial charge in [-0.25, -0.2) is 4.79 Å². The maximum atomic E-state index is 12.6. The number of rotatable bonds is 4. The Morgan fingerprint density at radius 2 is 1.92 bits per heavy atom. The van der Waals surface area contributed by atoms with E-state index in [-0.39, 0.29) is 6.03 Å². The van der Waals surface area contributed by atoms with Gasteiger partial charge in [0.1, 0.15) is 0 Å². The highest BCUT2D eigenvalue weighted by molar-refractivity contribution is 7.98. The van der Waals surface area contributed by atoms with E-state index in [4.69, 9.17) is 5.26 Å². The Balaban J connectivity index is 1.38. The first kappa shape index (κ1) is 17.7. The highest BCUT2D eigenvalue weighted by Gasteiger charge is 2.25. The third-order valence-corrected chi connectivity index (χ3v) is 6.81. The van der Waals surface area contributed by atoms with E-state index in [0.717, 1.165) is 57.3 Å². The number of hydrogen-bond acceptors (Lipinski definition) is 4. The molecule has 1 saturated heterocycles. The standard InChI is InChI=1S/C20H26N4OS/c21-9-11-24-10-3-6-16(13-24)26-23-20(25)22-19-17-7-1-4-14(17)12-15-5-2-8-18(15)19/h12,16H,1-8,10-11,13H2,(H2,22,23,25). The molecule has 6 heteroatoms. The summed E-state index contributed by atoms with van der Waals surface area (Å²) in [7, 11) is 0. The van der Waals surface area contributed by atoms with Crippen LogP contribution in [0.1, 0.15) is 47.9 Å². The molecule has 2 N–H and O–H groups in total. The van der Waals surface area contributed by atoms with E-state index in [1.54, 1.807) is 0 Å². The first-order valence-corrected chi connectivity index (χ1v) is 10.6. The second-order valence-electron chi connectivity index (χ2n) is 7.57. The first-order valence-electron chi connectivity index (χ1n) is 9.73. The number of nitriles is 1. The van der Waals surface area contributed by atoms with Crippen LogP contribution < -0.4 is 10.0 Å². The van der Waals surface area contributed by atoms with Crippen LogP contribution in [0.3, 0.4) is 0 Å². The van der Waals surface area contributed by atoms with E-state index in [2.05, 4.69) is 27.1 Å². The number of aryl methyl sites for hydroxylation is 2. The number of amides is 2. The molecule has 1 aromatic rings. The molecule has 1 aromatic carbocycles. The van der Waals surface area contributed by atoms with Crippen LogP contribution in [-0.2, 0) is 25.7 Å². The Morgan fingerprint density at radius 1 is 1.19 bits per heavy atom. The fourth-order valence-corrected chi connectivity index (χ4v) is 5.49. The van der Waals surface area contributed by atoms with Gasteiger partial charge in [-0.1, -0.05) is 6.07 Å². The van der Waals surface area contributed by atoms with E-state index in [0.29, 0.717) is 11.8 Å². The lowest BCUT2D eigenvalue weighted by atomic mass is 9.99. The smallest absolute Gasteiger partial charge is 0.307 e. The molecule has 1 aliphatic heterocycles. The van der Waals surface area contributed by atoms with Gasteiger partial charge in [0, 0.05) is 17.5 Å². The lowest BCUT2D eigenvalue weighted by molar-refractivity contribution is 0.254. The summed E-state index contributed by atoms with van der Waals surface area (Å²) in [6.45, 7) is 2.33. The lowest BCUT2D eigenvalue weighted by Gasteiger charge is -2.30. The predicted octanol–water partition coefficient (Wildman–Crippen LogP) is 3.42. The average molecular weight is 371 g/mol. The molecule has 0 saturated carbocycles. The number of hydrogen-bond donors (Lipinski definition) is 2. The molecule has 0 radical (unpaired) electrons. The molecule has 2 amide bonds. The number of fused-ring (bicyclic) bond motifs is 2. The van der Waals surface area contributed by atoms with Crippen molar-refractivity contribution in [2.24, 2.45) is 0 Å². The number of benzene rings is 1. The second-order valence-corrected chi connectivity index (χ2v) is 8.67. The summed E-state index contributed by atoms with van der Waals surface area (Å²) in [6, 6.07) is 4.49.